The molecule has 0 N–H and O–H groups in total. The van der Waals surface area contributed by atoms with Crippen molar-refractivity contribution in [1.82, 2.24) is 9.47 Å². The first kappa shape index (κ1) is 28.5. The van der Waals surface area contributed by atoms with Gasteiger partial charge in [-0.05, 0) is 104 Å². The van der Waals surface area contributed by atoms with E-state index in [1.165, 1.54) is 45.3 Å². The summed E-state index contributed by atoms with van der Waals surface area (Å²) in [5, 5.41) is 1.25. The Bertz CT molecular complexity index is 1500. The molecule has 0 aliphatic rings. The number of aromatic nitrogens is 1. The molecular formula is C37H42N2O2. The van der Waals surface area contributed by atoms with Crippen LogP contribution in [0.15, 0.2) is 103 Å². The highest BCUT2D eigenvalue weighted by molar-refractivity contribution is 5.92. The minimum Gasteiger partial charge on any atom is -0.489 e. The van der Waals surface area contributed by atoms with E-state index in [0.29, 0.717) is 13.2 Å². The van der Waals surface area contributed by atoms with Gasteiger partial charge in [-0.25, -0.2) is 0 Å². The van der Waals surface area contributed by atoms with E-state index in [1.807, 2.05) is 24.3 Å². The summed E-state index contributed by atoms with van der Waals surface area (Å²) in [5.74, 6) is 1.79. The molecule has 41 heavy (non-hydrogen) atoms. The molecule has 1 aromatic heterocycles. The zero-order chi connectivity index (χ0) is 28.4. The van der Waals surface area contributed by atoms with E-state index < -0.39 is 0 Å². The molecule has 5 rings (SSSR count). The predicted octanol–water partition coefficient (Wildman–Crippen LogP) is 8.90. The second kappa shape index (κ2) is 14.0. The number of hydrogen-bond acceptors (Lipinski definition) is 3. The molecule has 0 amide bonds. The van der Waals surface area contributed by atoms with Crippen LogP contribution in [0.1, 0.15) is 43.4 Å². The smallest absolute Gasteiger partial charge is 0.120 e. The molecule has 0 aliphatic carbocycles. The number of rotatable bonds is 14. The summed E-state index contributed by atoms with van der Waals surface area (Å²) < 4.78 is 14.8. The zero-order valence-electron chi connectivity index (χ0n) is 24.7. The van der Waals surface area contributed by atoms with Gasteiger partial charge in [-0.2, -0.15) is 0 Å². The van der Waals surface area contributed by atoms with Gasteiger partial charge in [0.1, 0.15) is 24.7 Å². The Morgan fingerprint density at radius 3 is 1.85 bits per heavy atom. The van der Waals surface area contributed by atoms with Crippen molar-refractivity contribution in [2.24, 2.45) is 0 Å². The van der Waals surface area contributed by atoms with E-state index in [2.05, 4.69) is 109 Å². The lowest BCUT2D eigenvalue weighted by Crippen LogP contribution is -2.24. The Morgan fingerprint density at radius 2 is 1.24 bits per heavy atom. The average Bonchev–Trinajstić information content (AvgIpc) is 3.30. The third-order valence-electron chi connectivity index (χ3n) is 7.91. The summed E-state index contributed by atoms with van der Waals surface area (Å²) >= 11 is 0. The minimum absolute atomic E-state index is 0.564. The van der Waals surface area contributed by atoms with Crippen molar-refractivity contribution in [1.29, 1.82) is 0 Å². The summed E-state index contributed by atoms with van der Waals surface area (Å²) in [6.07, 6.45) is 2.32. The van der Waals surface area contributed by atoms with E-state index in [1.54, 1.807) is 0 Å². The van der Waals surface area contributed by atoms with E-state index >= 15 is 0 Å². The number of hydrogen-bond donors (Lipinski definition) is 0. The second-order valence-corrected chi connectivity index (χ2v) is 10.6. The molecule has 0 radical (unpaired) electrons. The van der Waals surface area contributed by atoms with Crippen LogP contribution in [0.2, 0.25) is 0 Å². The number of aryl methyl sites for hydroxylation is 2. The van der Waals surface area contributed by atoms with Crippen LogP contribution in [0, 0.1) is 6.92 Å². The number of fused-ring (bicyclic) bond motifs is 1. The van der Waals surface area contributed by atoms with E-state index in [-0.39, 0.29) is 0 Å². The molecule has 1 heterocycles. The van der Waals surface area contributed by atoms with Crippen molar-refractivity contribution in [3.63, 3.8) is 0 Å². The largest absolute Gasteiger partial charge is 0.489 e. The van der Waals surface area contributed by atoms with Crippen LogP contribution in [-0.4, -0.2) is 29.1 Å². The molecule has 0 fully saturated rings. The molecular weight excluding hydrogens is 504 g/mol. The topological polar surface area (TPSA) is 26.6 Å². The fourth-order valence-electron chi connectivity index (χ4n) is 5.53. The van der Waals surface area contributed by atoms with Crippen LogP contribution in [0.5, 0.6) is 11.5 Å². The van der Waals surface area contributed by atoms with Crippen LogP contribution in [0.25, 0.3) is 22.2 Å². The molecule has 4 nitrogen and oxygen atoms in total. The Balaban J connectivity index is 1.39. The Morgan fingerprint density at radius 1 is 0.659 bits per heavy atom. The molecule has 0 bridgehead atoms. The van der Waals surface area contributed by atoms with E-state index in [9.17, 15) is 0 Å². The van der Waals surface area contributed by atoms with Gasteiger partial charge < -0.3 is 18.9 Å². The monoisotopic (exact) mass is 546 g/mol. The molecule has 0 aliphatic heterocycles. The van der Waals surface area contributed by atoms with Crippen LogP contribution >= 0.6 is 0 Å². The average molecular weight is 547 g/mol. The third kappa shape index (κ3) is 7.20. The minimum atomic E-state index is 0.564. The summed E-state index contributed by atoms with van der Waals surface area (Å²) in [4.78, 5) is 2.50. The van der Waals surface area contributed by atoms with Gasteiger partial charge in [-0.3, -0.25) is 0 Å². The first-order valence-electron chi connectivity index (χ1n) is 14.9. The predicted molar refractivity (Wildman–Crippen MR) is 171 cm³/mol. The Kier molecular flexibility index (Phi) is 9.77. The first-order chi connectivity index (χ1) is 20.2. The van der Waals surface area contributed by atoms with Gasteiger partial charge in [0.05, 0.1) is 5.69 Å². The normalized spacial score (nSPS) is 11.3. The highest BCUT2D eigenvalue weighted by Crippen LogP contribution is 2.36. The number of benzene rings is 4. The fraction of sp³-hybridized carbons (Fsp3) is 0.297. The number of ether oxygens (including phenoxy) is 2. The highest BCUT2D eigenvalue weighted by Gasteiger charge is 2.17. The Labute approximate surface area is 245 Å². The molecule has 4 heteroatoms. The second-order valence-electron chi connectivity index (χ2n) is 10.6. The quantitative estimate of drug-likeness (QED) is 0.130. The molecule has 0 atom stereocenters. The highest BCUT2D eigenvalue weighted by atomic mass is 16.5. The standard InChI is InChI=1S/C37H42N2O2/c1-4-38(5-2)24-12-13-25-39-36-23-22-34(41-28-31-16-10-7-11-17-31)26-35(36)29(3)37(39)32-18-20-33(21-19-32)40-27-30-14-8-6-9-15-30/h6-11,14-23,26H,4-5,12-13,24-25,27-28H2,1-3H3. The molecule has 0 spiro atoms. The van der Waals surface area contributed by atoms with Crippen LogP contribution in [-0.2, 0) is 19.8 Å². The van der Waals surface area contributed by atoms with E-state index in [4.69, 9.17) is 9.47 Å². The van der Waals surface area contributed by atoms with Crippen molar-refractivity contribution < 1.29 is 9.47 Å². The van der Waals surface area contributed by atoms with Gasteiger partial charge in [0.25, 0.3) is 0 Å². The van der Waals surface area contributed by atoms with Gasteiger partial charge >= 0.3 is 0 Å². The van der Waals surface area contributed by atoms with Crippen LogP contribution in [0.4, 0.5) is 0 Å². The molecule has 0 saturated heterocycles. The van der Waals surface area contributed by atoms with Gasteiger partial charge in [0.2, 0.25) is 0 Å². The van der Waals surface area contributed by atoms with Gasteiger partial charge in [0, 0.05) is 17.4 Å². The molecule has 4 aromatic carbocycles. The maximum absolute atomic E-state index is 6.21. The lowest BCUT2D eigenvalue weighted by molar-refractivity contribution is 0.294. The zero-order valence-corrected chi connectivity index (χ0v) is 24.7. The lowest BCUT2D eigenvalue weighted by atomic mass is 10.1. The third-order valence-corrected chi connectivity index (χ3v) is 7.91. The molecule has 0 saturated carbocycles. The van der Waals surface area contributed by atoms with Gasteiger partial charge in [0.15, 0.2) is 0 Å². The number of nitrogens with zero attached hydrogens (tertiary/aromatic N) is 2. The molecule has 212 valence electrons. The summed E-state index contributed by atoms with van der Waals surface area (Å²) in [7, 11) is 0. The van der Waals surface area contributed by atoms with Crippen LogP contribution < -0.4 is 9.47 Å². The fourth-order valence-corrected chi connectivity index (χ4v) is 5.53. The Hall–Kier alpha value is -4.02. The SMILES string of the molecule is CCN(CC)CCCCn1c(-c2ccc(OCc3ccccc3)cc2)c(C)c2cc(OCc3ccccc3)ccc21. The van der Waals surface area contributed by atoms with Crippen molar-refractivity contribution in [2.45, 2.75) is 53.4 Å². The van der Waals surface area contributed by atoms with Crippen molar-refractivity contribution in [2.75, 3.05) is 19.6 Å². The summed E-state index contributed by atoms with van der Waals surface area (Å²) in [6, 6.07) is 35.8. The maximum atomic E-state index is 6.21. The molecule has 5 aromatic rings. The van der Waals surface area contributed by atoms with E-state index in [0.717, 1.165) is 44.1 Å². The lowest BCUT2D eigenvalue weighted by Gasteiger charge is -2.18. The molecule has 0 unspecified atom stereocenters. The summed E-state index contributed by atoms with van der Waals surface area (Å²) in [6.45, 7) is 12.2. The van der Waals surface area contributed by atoms with Crippen molar-refractivity contribution in [3.05, 3.63) is 120 Å². The van der Waals surface area contributed by atoms with Gasteiger partial charge in [-0.15, -0.1) is 0 Å². The van der Waals surface area contributed by atoms with Crippen molar-refractivity contribution in [3.8, 4) is 22.8 Å². The van der Waals surface area contributed by atoms with Gasteiger partial charge in [-0.1, -0.05) is 74.5 Å². The number of unbranched alkanes of at least 4 members (excludes halogenated alkanes) is 1. The summed E-state index contributed by atoms with van der Waals surface area (Å²) in [5.41, 5.74) is 7.37. The van der Waals surface area contributed by atoms with Crippen molar-refractivity contribution >= 4 is 10.9 Å². The first-order valence-corrected chi connectivity index (χ1v) is 14.9. The van der Waals surface area contributed by atoms with Crippen LogP contribution in [0.3, 0.4) is 0 Å². The maximum Gasteiger partial charge on any atom is 0.120 e.